The Morgan fingerprint density at radius 3 is 2.68 bits per heavy atom. The van der Waals surface area contributed by atoms with Gasteiger partial charge < -0.3 is 15.7 Å². The van der Waals surface area contributed by atoms with Gasteiger partial charge in [0, 0.05) is 24.2 Å². The first-order chi connectivity index (χ1) is 8.99. The Balaban J connectivity index is 2.39. The maximum absolute atomic E-state index is 12.4. The summed E-state index contributed by atoms with van der Waals surface area (Å²) in [5.74, 6) is -0.938. The van der Waals surface area contributed by atoms with Crippen LogP contribution in [0.25, 0.3) is 0 Å². The van der Waals surface area contributed by atoms with Crippen molar-refractivity contribution in [1.29, 1.82) is 0 Å². The average Bonchev–Trinajstić information content (AvgIpc) is 2.34. The lowest BCUT2D eigenvalue weighted by Crippen LogP contribution is -2.29. The van der Waals surface area contributed by atoms with Gasteiger partial charge in [-0.3, -0.25) is 4.79 Å². The summed E-state index contributed by atoms with van der Waals surface area (Å²) in [5, 5.41) is 13.2. The van der Waals surface area contributed by atoms with Crippen molar-refractivity contribution in [3.8, 4) is 0 Å². The molecule has 7 heteroatoms. The number of amides is 2. The van der Waals surface area contributed by atoms with Crippen molar-refractivity contribution in [3.63, 3.8) is 0 Å². The molecule has 104 valence electrons. The van der Waals surface area contributed by atoms with Crippen LogP contribution in [-0.2, 0) is 4.79 Å². The first-order valence-electron chi connectivity index (χ1n) is 5.64. The SMILES string of the molecule is O=C(O)CCCNC(=O)Nc1cccc(C(F)F)c1. The molecule has 3 N–H and O–H groups in total. The molecule has 0 radical (unpaired) electrons. The minimum Gasteiger partial charge on any atom is -0.481 e. The zero-order valence-corrected chi connectivity index (χ0v) is 10.0. The Hall–Kier alpha value is -2.18. The summed E-state index contributed by atoms with van der Waals surface area (Å²) in [6, 6.07) is 4.80. The molecule has 0 aromatic heterocycles. The molecule has 0 spiro atoms. The fourth-order valence-corrected chi connectivity index (χ4v) is 1.37. The van der Waals surface area contributed by atoms with Gasteiger partial charge in [0.2, 0.25) is 0 Å². The number of hydrogen-bond donors (Lipinski definition) is 3. The summed E-state index contributed by atoms with van der Waals surface area (Å²) in [7, 11) is 0. The number of carbonyl (C=O) groups is 2. The fourth-order valence-electron chi connectivity index (χ4n) is 1.37. The van der Waals surface area contributed by atoms with E-state index >= 15 is 0 Å². The van der Waals surface area contributed by atoms with Gasteiger partial charge in [-0.15, -0.1) is 0 Å². The molecule has 0 bridgehead atoms. The number of carboxylic acid groups (broad SMARTS) is 1. The highest BCUT2D eigenvalue weighted by molar-refractivity contribution is 5.89. The van der Waals surface area contributed by atoms with Crippen LogP contribution >= 0.6 is 0 Å². The van der Waals surface area contributed by atoms with Gasteiger partial charge in [-0.1, -0.05) is 12.1 Å². The summed E-state index contributed by atoms with van der Waals surface area (Å²) in [5.41, 5.74) is 0.0808. The quantitative estimate of drug-likeness (QED) is 0.696. The highest BCUT2D eigenvalue weighted by Gasteiger charge is 2.08. The van der Waals surface area contributed by atoms with E-state index in [1.54, 1.807) is 0 Å². The van der Waals surface area contributed by atoms with Crippen molar-refractivity contribution in [1.82, 2.24) is 5.32 Å². The van der Waals surface area contributed by atoms with Crippen molar-refractivity contribution >= 4 is 17.7 Å². The van der Waals surface area contributed by atoms with E-state index in [0.29, 0.717) is 6.42 Å². The van der Waals surface area contributed by atoms with Gasteiger partial charge >= 0.3 is 12.0 Å². The molecule has 1 rings (SSSR count). The molecule has 2 amide bonds. The molecule has 0 unspecified atom stereocenters. The average molecular weight is 272 g/mol. The molecule has 0 aliphatic rings. The predicted octanol–water partition coefficient (Wildman–Crippen LogP) is 2.61. The molecule has 0 aliphatic heterocycles. The van der Waals surface area contributed by atoms with E-state index in [4.69, 9.17) is 5.11 Å². The van der Waals surface area contributed by atoms with Crippen molar-refractivity contribution in [2.24, 2.45) is 0 Å². The second kappa shape index (κ2) is 7.30. The number of halogens is 2. The summed E-state index contributed by atoms with van der Waals surface area (Å²) in [6.07, 6.45) is -2.33. The molecule has 0 aliphatic carbocycles. The smallest absolute Gasteiger partial charge is 0.319 e. The van der Waals surface area contributed by atoms with Gasteiger partial charge in [0.1, 0.15) is 0 Å². The molecule has 1 aromatic carbocycles. The second-order valence-corrected chi connectivity index (χ2v) is 3.80. The third kappa shape index (κ3) is 5.80. The van der Waals surface area contributed by atoms with Crippen LogP contribution in [0, 0.1) is 0 Å². The lowest BCUT2D eigenvalue weighted by molar-refractivity contribution is -0.137. The molecule has 0 atom stereocenters. The van der Waals surface area contributed by atoms with Gasteiger partial charge in [0.15, 0.2) is 0 Å². The lowest BCUT2D eigenvalue weighted by atomic mass is 10.2. The third-order valence-corrected chi connectivity index (χ3v) is 2.25. The molecule has 0 fully saturated rings. The monoisotopic (exact) mass is 272 g/mol. The second-order valence-electron chi connectivity index (χ2n) is 3.80. The highest BCUT2D eigenvalue weighted by Crippen LogP contribution is 2.21. The fraction of sp³-hybridized carbons (Fsp3) is 0.333. The van der Waals surface area contributed by atoms with Crippen LogP contribution in [0.2, 0.25) is 0 Å². The van der Waals surface area contributed by atoms with E-state index < -0.39 is 18.4 Å². The van der Waals surface area contributed by atoms with Crippen molar-refractivity contribution in [3.05, 3.63) is 29.8 Å². The van der Waals surface area contributed by atoms with E-state index in [1.807, 2.05) is 0 Å². The van der Waals surface area contributed by atoms with Gasteiger partial charge in [-0.2, -0.15) is 0 Å². The molecule has 5 nitrogen and oxygen atoms in total. The Kier molecular flexibility index (Phi) is 5.72. The molecule has 0 heterocycles. The molecule has 1 aromatic rings. The summed E-state index contributed by atoms with van der Waals surface area (Å²) < 4.78 is 24.8. The number of carboxylic acids is 1. The molecule has 19 heavy (non-hydrogen) atoms. The maximum Gasteiger partial charge on any atom is 0.319 e. The lowest BCUT2D eigenvalue weighted by Gasteiger charge is -2.08. The van der Waals surface area contributed by atoms with Crippen LogP contribution in [0.1, 0.15) is 24.8 Å². The van der Waals surface area contributed by atoms with Crippen LogP contribution in [-0.4, -0.2) is 23.7 Å². The van der Waals surface area contributed by atoms with Gasteiger partial charge in [0.25, 0.3) is 6.43 Å². The summed E-state index contributed by atoms with van der Waals surface area (Å²) in [6.45, 7) is 0.201. The normalized spacial score (nSPS) is 10.3. The number of urea groups is 1. The zero-order chi connectivity index (χ0) is 14.3. The first-order valence-corrected chi connectivity index (χ1v) is 5.64. The minimum absolute atomic E-state index is 0.0405. The van der Waals surface area contributed by atoms with E-state index in [1.165, 1.54) is 24.3 Å². The van der Waals surface area contributed by atoms with Crippen LogP contribution < -0.4 is 10.6 Å². The van der Waals surface area contributed by atoms with Gasteiger partial charge in [-0.05, 0) is 18.6 Å². The number of rotatable bonds is 6. The van der Waals surface area contributed by atoms with E-state index in [0.717, 1.165) is 0 Å². The first kappa shape index (κ1) is 14.9. The van der Waals surface area contributed by atoms with Gasteiger partial charge in [0.05, 0.1) is 0 Å². The number of nitrogens with one attached hydrogen (secondary N) is 2. The Bertz CT molecular complexity index is 452. The predicted molar refractivity (Wildman–Crippen MR) is 65.3 cm³/mol. The Morgan fingerprint density at radius 1 is 1.32 bits per heavy atom. The van der Waals surface area contributed by atoms with E-state index in [2.05, 4.69) is 10.6 Å². The number of hydrogen-bond acceptors (Lipinski definition) is 2. The molecular weight excluding hydrogens is 258 g/mol. The Morgan fingerprint density at radius 2 is 2.05 bits per heavy atom. The standard InChI is InChI=1S/C12H14F2N2O3/c13-11(14)8-3-1-4-9(7-8)16-12(19)15-6-2-5-10(17)18/h1,3-4,7,11H,2,5-6H2,(H,17,18)(H2,15,16,19). The van der Waals surface area contributed by atoms with Crippen LogP contribution in [0.3, 0.4) is 0 Å². The third-order valence-electron chi connectivity index (χ3n) is 2.25. The molecule has 0 saturated heterocycles. The van der Waals surface area contributed by atoms with Crippen molar-refractivity contribution < 1.29 is 23.5 Å². The van der Waals surface area contributed by atoms with Crippen molar-refractivity contribution in [2.45, 2.75) is 19.3 Å². The van der Waals surface area contributed by atoms with Crippen LogP contribution in [0.5, 0.6) is 0 Å². The van der Waals surface area contributed by atoms with Crippen LogP contribution in [0.4, 0.5) is 19.3 Å². The van der Waals surface area contributed by atoms with Crippen LogP contribution in [0.15, 0.2) is 24.3 Å². The van der Waals surface area contributed by atoms with Gasteiger partial charge in [-0.25, -0.2) is 13.6 Å². The molecule has 0 saturated carbocycles. The number of carbonyl (C=O) groups excluding carboxylic acids is 1. The Labute approximate surface area is 108 Å². The van der Waals surface area contributed by atoms with Crippen molar-refractivity contribution in [2.75, 3.05) is 11.9 Å². The number of aliphatic carboxylic acids is 1. The highest BCUT2D eigenvalue weighted by atomic mass is 19.3. The summed E-state index contributed by atoms with van der Waals surface area (Å²) in [4.78, 5) is 21.6. The molecular formula is C12H14F2N2O3. The van der Waals surface area contributed by atoms with E-state index in [-0.39, 0.29) is 24.2 Å². The zero-order valence-electron chi connectivity index (χ0n) is 10.0. The number of benzene rings is 1. The largest absolute Gasteiger partial charge is 0.481 e. The maximum atomic E-state index is 12.4. The minimum atomic E-state index is -2.60. The number of anilines is 1. The topological polar surface area (TPSA) is 78.4 Å². The summed E-state index contributed by atoms with van der Waals surface area (Å²) >= 11 is 0. The number of alkyl halides is 2. The van der Waals surface area contributed by atoms with E-state index in [9.17, 15) is 18.4 Å².